The summed E-state index contributed by atoms with van der Waals surface area (Å²) < 4.78 is 12.1. The molecular formula is C31H52O2. The van der Waals surface area contributed by atoms with E-state index in [0.717, 1.165) is 48.4 Å². The average molecular weight is 457 g/mol. The van der Waals surface area contributed by atoms with Crippen molar-refractivity contribution in [1.29, 1.82) is 0 Å². The predicted molar refractivity (Wildman–Crippen MR) is 141 cm³/mol. The molecule has 2 saturated carbocycles. The summed E-state index contributed by atoms with van der Waals surface area (Å²) >= 11 is 0. The zero-order valence-corrected chi connectivity index (χ0v) is 21.9. The van der Waals surface area contributed by atoms with Gasteiger partial charge in [-0.05, 0) is 73.6 Å². The minimum absolute atomic E-state index is 0.741. The van der Waals surface area contributed by atoms with Crippen LogP contribution in [-0.2, 0) is 0 Å². The maximum absolute atomic E-state index is 6.09. The van der Waals surface area contributed by atoms with Crippen LogP contribution in [0.1, 0.15) is 123 Å². The van der Waals surface area contributed by atoms with E-state index >= 15 is 0 Å². The second-order valence-electron chi connectivity index (χ2n) is 11.2. The Labute approximate surface area is 205 Å². The van der Waals surface area contributed by atoms with E-state index in [1.807, 2.05) is 0 Å². The van der Waals surface area contributed by atoms with Crippen LogP contribution < -0.4 is 9.47 Å². The summed E-state index contributed by atoms with van der Waals surface area (Å²) in [4.78, 5) is 0. The van der Waals surface area contributed by atoms with Crippen LogP contribution in [0.4, 0.5) is 0 Å². The van der Waals surface area contributed by atoms with Crippen LogP contribution in [0.25, 0.3) is 0 Å². The van der Waals surface area contributed by atoms with Gasteiger partial charge in [0, 0.05) is 0 Å². The summed E-state index contributed by atoms with van der Waals surface area (Å²) in [5, 5.41) is 0. The van der Waals surface area contributed by atoms with Crippen LogP contribution in [-0.4, -0.2) is 13.2 Å². The molecule has 0 unspecified atom stereocenters. The van der Waals surface area contributed by atoms with Crippen molar-refractivity contribution in [3.8, 4) is 11.5 Å². The largest absolute Gasteiger partial charge is 0.494 e. The minimum Gasteiger partial charge on any atom is -0.494 e. The molecule has 1 aromatic carbocycles. The van der Waals surface area contributed by atoms with Crippen molar-refractivity contribution >= 4 is 0 Å². The second-order valence-corrected chi connectivity index (χ2v) is 11.2. The highest BCUT2D eigenvalue weighted by Crippen LogP contribution is 2.34. The maximum Gasteiger partial charge on any atom is 0.119 e. The predicted octanol–water partition coefficient (Wildman–Crippen LogP) is 9.61. The summed E-state index contributed by atoms with van der Waals surface area (Å²) in [6.07, 6.45) is 23.7. The van der Waals surface area contributed by atoms with Gasteiger partial charge in [-0.1, -0.05) is 97.3 Å². The van der Waals surface area contributed by atoms with E-state index in [1.54, 1.807) is 0 Å². The van der Waals surface area contributed by atoms with Crippen LogP contribution in [0.5, 0.6) is 11.5 Å². The van der Waals surface area contributed by atoms with E-state index in [9.17, 15) is 0 Å². The molecule has 2 heteroatoms. The van der Waals surface area contributed by atoms with Crippen molar-refractivity contribution < 1.29 is 9.47 Å². The first-order valence-electron chi connectivity index (χ1n) is 14.6. The lowest BCUT2D eigenvalue weighted by Crippen LogP contribution is -2.20. The molecule has 0 heterocycles. The summed E-state index contributed by atoms with van der Waals surface area (Å²) in [7, 11) is 0. The van der Waals surface area contributed by atoms with Crippen molar-refractivity contribution in [3.63, 3.8) is 0 Å². The molecule has 2 aliphatic rings. The molecule has 2 nitrogen and oxygen atoms in total. The molecule has 2 fully saturated rings. The van der Waals surface area contributed by atoms with Gasteiger partial charge in [0.25, 0.3) is 0 Å². The Morgan fingerprint density at radius 2 is 1.06 bits per heavy atom. The fourth-order valence-corrected chi connectivity index (χ4v) is 6.17. The first-order chi connectivity index (χ1) is 16.3. The van der Waals surface area contributed by atoms with E-state index in [2.05, 4.69) is 38.1 Å². The number of hydrogen-bond donors (Lipinski definition) is 0. The van der Waals surface area contributed by atoms with Gasteiger partial charge in [0.1, 0.15) is 11.5 Å². The van der Waals surface area contributed by atoms with Crippen LogP contribution in [0.3, 0.4) is 0 Å². The topological polar surface area (TPSA) is 18.5 Å². The number of rotatable bonds is 15. The first-order valence-corrected chi connectivity index (χ1v) is 14.6. The van der Waals surface area contributed by atoms with Gasteiger partial charge in [0.2, 0.25) is 0 Å². The van der Waals surface area contributed by atoms with Crippen molar-refractivity contribution in [3.05, 3.63) is 24.3 Å². The maximum atomic E-state index is 6.09. The van der Waals surface area contributed by atoms with Crippen molar-refractivity contribution in [2.75, 3.05) is 13.2 Å². The van der Waals surface area contributed by atoms with Gasteiger partial charge in [-0.15, -0.1) is 0 Å². The summed E-state index contributed by atoms with van der Waals surface area (Å²) in [6.45, 7) is 6.33. The minimum atomic E-state index is 0.741. The monoisotopic (exact) mass is 456 g/mol. The van der Waals surface area contributed by atoms with Crippen molar-refractivity contribution in [1.82, 2.24) is 0 Å². The molecule has 0 bridgehead atoms. The summed E-state index contributed by atoms with van der Waals surface area (Å²) in [6, 6.07) is 8.33. The Kier molecular flexibility index (Phi) is 12.5. The average Bonchev–Trinajstić information content (AvgIpc) is 2.86. The Balaban J connectivity index is 1.21. The quantitative estimate of drug-likeness (QED) is 0.245. The standard InChI is InChI=1S/C31H52O2/c1-3-5-6-7-10-27-12-14-28(15-13-27)11-8-24-32-30-20-22-31(23-21-30)33-25-29-18-16-26(9-4-2)17-19-29/h20-23,26-29H,3-19,24-25H2,1-2H3. The number of unbranched alkanes of at least 4 members (excludes halogenated alkanes) is 3. The lowest BCUT2D eigenvalue weighted by atomic mass is 9.78. The van der Waals surface area contributed by atoms with Crippen LogP contribution in [0.15, 0.2) is 24.3 Å². The van der Waals surface area contributed by atoms with Gasteiger partial charge in [0.15, 0.2) is 0 Å². The Morgan fingerprint density at radius 3 is 1.64 bits per heavy atom. The third kappa shape index (κ3) is 10.3. The molecule has 0 spiro atoms. The SMILES string of the molecule is CCCCCCC1CCC(CCCOc2ccc(OCC3CCC(CCC)CC3)cc2)CC1. The molecule has 188 valence electrons. The van der Waals surface area contributed by atoms with Crippen LogP contribution in [0.2, 0.25) is 0 Å². The molecule has 33 heavy (non-hydrogen) atoms. The summed E-state index contributed by atoms with van der Waals surface area (Å²) in [5.41, 5.74) is 0. The van der Waals surface area contributed by atoms with Gasteiger partial charge in [-0.2, -0.15) is 0 Å². The number of benzene rings is 1. The van der Waals surface area contributed by atoms with Gasteiger partial charge < -0.3 is 9.47 Å². The summed E-state index contributed by atoms with van der Waals surface area (Å²) in [5.74, 6) is 5.64. The second kappa shape index (κ2) is 15.7. The lowest BCUT2D eigenvalue weighted by molar-refractivity contribution is 0.178. The van der Waals surface area contributed by atoms with Crippen molar-refractivity contribution in [2.45, 2.75) is 123 Å². The zero-order valence-electron chi connectivity index (χ0n) is 21.9. The fraction of sp³-hybridized carbons (Fsp3) is 0.806. The lowest BCUT2D eigenvalue weighted by Gasteiger charge is -2.28. The first kappa shape index (κ1) is 26.4. The van der Waals surface area contributed by atoms with Gasteiger partial charge in [-0.25, -0.2) is 0 Å². The third-order valence-corrected chi connectivity index (χ3v) is 8.43. The smallest absolute Gasteiger partial charge is 0.119 e. The molecule has 0 aliphatic heterocycles. The highest BCUT2D eigenvalue weighted by atomic mass is 16.5. The highest BCUT2D eigenvalue weighted by Gasteiger charge is 2.21. The van der Waals surface area contributed by atoms with Gasteiger partial charge >= 0.3 is 0 Å². The van der Waals surface area contributed by atoms with E-state index < -0.39 is 0 Å². The molecule has 3 rings (SSSR count). The molecular weight excluding hydrogens is 404 g/mol. The van der Waals surface area contributed by atoms with E-state index in [1.165, 1.54) is 109 Å². The molecule has 2 aliphatic carbocycles. The zero-order chi connectivity index (χ0) is 23.1. The third-order valence-electron chi connectivity index (χ3n) is 8.43. The molecule has 0 atom stereocenters. The molecule has 0 aromatic heterocycles. The van der Waals surface area contributed by atoms with Gasteiger partial charge in [-0.3, -0.25) is 0 Å². The van der Waals surface area contributed by atoms with E-state index in [-0.39, 0.29) is 0 Å². The molecule has 1 aromatic rings. The number of ether oxygens (including phenoxy) is 2. The number of hydrogen-bond acceptors (Lipinski definition) is 2. The van der Waals surface area contributed by atoms with E-state index in [0.29, 0.717) is 0 Å². The molecule has 0 radical (unpaired) electrons. The van der Waals surface area contributed by atoms with Crippen molar-refractivity contribution in [2.24, 2.45) is 23.7 Å². The molecule has 0 N–H and O–H groups in total. The van der Waals surface area contributed by atoms with E-state index in [4.69, 9.17) is 9.47 Å². The Morgan fingerprint density at radius 1 is 0.545 bits per heavy atom. The van der Waals surface area contributed by atoms with Gasteiger partial charge in [0.05, 0.1) is 13.2 Å². The molecule has 0 saturated heterocycles. The Hall–Kier alpha value is -1.18. The Bertz CT molecular complexity index is 594. The molecule has 0 amide bonds. The highest BCUT2D eigenvalue weighted by molar-refractivity contribution is 5.31. The van der Waals surface area contributed by atoms with Crippen LogP contribution >= 0.6 is 0 Å². The normalized spacial score (nSPS) is 25.6. The van der Waals surface area contributed by atoms with Crippen LogP contribution in [0, 0.1) is 23.7 Å². The fourth-order valence-electron chi connectivity index (χ4n) is 6.17.